The fourth-order valence-corrected chi connectivity index (χ4v) is 3.20. The van der Waals surface area contributed by atoms with Crippen molar-refractivity contribution in [2.45, 2.75) is 19.6 Å². The van der Waals surface area contributed by atoms with Gasteiger partial charge in [-0.3, -0.25) is 9.59 Å². The zero-order valence-electron chi connectivity index (χ0n) is 14.2. The summed E-state index contributed by atoms with van der Waals surface area (Å²) >= 11 is 7.24. The summed E-state index contributed by atoms with van der Waals surface area (Å²) in [5, 5.41) is 15.4. The van der Waals surface area contributed by atoms with E-state index in [9.17, 15) is 9.59 Å². The summed E-state index contributed by atoms with van der Waals surface area (Å²) in [4.78, 5) is 23.5. The fourth-order valence-electron chi connectivity index (χ4n) is 2.01. The van der Waals surface area contributed by atoms with Crippen LogP contribution in [-0.2, 0) is 20.1 Å². The molecule has 0 radical (unpaired) electrons. The summed E-state index contributed by atoms with van der Waals surface area (Å²) in [5.74, 6) is 0.431. The molecule has 0 spiro atoms. The molecule has 7 nitrogen and oxygen atoms in total. The van der Waals surface area contributed by atoms with E-state index in [2.05, 4.69) is 10.5 Å². The number of benzene rings is 1. The third kappa shape index (κ3) is 5.51. The average molecular weight is 394 g/mol. The van der Waals surface area contributed by atoms with Gasteiger partial charge in [0.15, 0.2) is 6.61 Å². The molecule has 9 heteroatoms. The normalized spacial score (nSPS) is 10.2. The summed E-state index contributed by atoms with van der Waals surface area (Å²) in [6.07, 6.45) is 0. The molecular weight excluding hydrogens is 378 g/mol. The van der Waals surface area contributed by atoms with Gasteiger partial charge >= 0.3 is 5.97 Å². The summed E-state index contributed by atoms with van der Waals surface area (Å²) in [7, 11) is 0. The van der Waals surface area contributed by atoms with E-state index in [1.165, 1.54) is 23.9 Å². The predicted octanol–water partition coefficient (Wildman–Crippen LogP) is 3.23. The molecule has 0 aliphatic heterocycles. The maximum Gasteiger partial charge on any atom is 0.316 e. The van der Waals surface area contributed by atoms with Gasteiger partial charge in [-0.15, -0.1) is 11.8 Å². The molecule has 0 unspecified atom stereocenters. The quantitative estimate of drug-likeness (QED) is 0.720. The van der Waals surface area contributed by atoms with E-state index in [0.717, 1.165) is 17.0 Å². The Balaban J connectivity index is 1.72. The fraction of sp³-hybridized carbons (Fsp3) is 0.294. The van der Waals surface area contributed by atoms with Crippen molar-refractivity contribution >= 4 is 40.9 Å². The number of amides is 1. The lowest BCUT2D eigenvalue weighted by Crippen LogP contribution is -2.21. The first-order valence-corrected chi connectivity index (χ1v) is 9.08. The highest BCUT2D eigenvalue weighted by Crippen LogP contribution is 2.21. The number of hydrogen-bond donors (Lipinski definition) is 1. The molecule has 1 aromatic carbocycles. The Morgan fingerprint density at radius 2 is 2.19 bits per heavy atom. The Morgan fingerprint density at radius 1 is 1.42 bits per heavy atom. The topological polar surface area (TPSA) is 105 Å². The van der Waals surface area contributed by atoms with Gasteiger partial charge in [0.25, 0.3) is 5.91 Å². The van der Waals surface area contributed by atoms with E-state index in [4.69, 9.17) is 26.1 Å². The van der Waals surface area contributed by atoms with Crippen molar-refractivity contribution in [1.82, 2.24) is 5.16 Å². The lowest BCUT2D eigenvalue weighted by molar-refractivity contribution is -0.144. The molecule has 136 valence electrons. The molecule has 1 heterocycles. The van der Waals surface area contributed by atoms with Crippen molar-refractivity contribution < 1.29 is 18.8 Å². The van der Waals surface area contributed by atoms with Gasteiger partial charge in [-0.05, 0) is 32.0 Å². The molecule has 0 aliphatic carbocycles. The molecule has 1 N–H and O–H groups in total. The minimum absolute atomic E-state index is 0.111. The van der Waals surface area contributed by atoms with Crippen molar-refractivity contribution in [2.75, 3.05) is 17.7 Å². The molecule has 26 heavy (non-hydrogen) atoms. The highest BCUT2D eigenvalue weighted by molar-refractivity contribution is 7.99. The number of carbonyl (C=O) groups is 2. The molecule has 1 aromatic heterocycles. The summed E-state index contributed by atoms with van der Waals surface area (Å²) in [6, 6.07) is 6.42. The first-order chi connectivity index (χ1) is 12.4. The zero-order chi connectivity index (χ0) is 19.1. The number of hydrogen-bond acceptors (Lipinski definition) is 7. The second-order valence-corrected chi connectivity index (χ2v) is 6.70. The second kappa shape index (κ2) is 9.27. The van der Waals surface area contributed by atoms with Gasteiger partial charge in [-0.2, -0.15) is 5.26 Å². The van der Waals surface area contributed by atoms with Crippen LogP contribution in [0.25, 0.3) is 0 Å². The third-order valence-corrected chi connectivity index (χ3v) is 4.63. The summed E-state index contributed by atoms with van der Waals surface area (Å²) in [6.45, 7) is 3.25. The monoisotopic (exact) mass is 393 g/mol. The van der Waals surface area contributed by atoms with Crippen molar-refractivity contribution in [2.24, 2.45) is 0 Å². The van der Waals surface area contributed by atoms with Crippen molar-refractivity contribution in [3.63, 3.8) is 0 Å². The molecule has 0 bridgehead atoms. The first-order valence-electron chi connectivity index (χ1n) is 7.55. The van der Waals surface area contributed by atoms with Gasteiger partial charge in [0.2, 0.25) is 0 Å². The Bertz CT molecular complexity index is 841. The minimum atomic E-state index is -0.491. The van der Waals surface area contributed by atoms with Gasteiger partial charge in [0, 0.05) is 17.0 Å². The molecule has 0 aliphatic rings. The molecular formula is C17H16ClN3O4S. The van der Waals surface area contributed by atoms with Gasteiger partial charge in [-0.25, -0.2) is 0 Å². The number of halogens is 1. The second-order valence-electron chi connectivity index (χ2n) is 5.31. The van der Waals surface area contributed by atoms with Crippen LogP contribution in [-0.4, -0.2) is 29.4 Å². The molecule has 2 aromatic rings. The number of anilines is 1. The minimum Gasteiger partial charge on any atom is -0.455 e. The largest absolute Gasteiger partial charge is 0.455 e. The highest BCUT2D eigenvalue weighted by atomic mass is 35.5. The van der Waals surface area contributed by atoms with Crippen LogP contribution in [0.5, 0.6) is 0 Å². The van der Waals surface area contributed by atoms with Gasteiger partial charge < -0.3 is 14.6 Å². The number of rotatable bonds is 7. The number of esters is 1. The summed E-state index contributed by atoms with van der Waals surface area (Å²) < 4.78 is 9.99. The Morgan fingerprint density at radius 3 is 2.81 bits per heavy atom. The number of nitriles is 1. The third-order valence-electron chi connectivity index (χ3n) is 3.39. The number of ether oxygens (including phenoxy) is 1. The summed E-state index contributed by atoms with van der Waals surface area (Å²) in [5.41, 5.74) is 2.48. The molecule has 0 atom stereocenters. The average Bonchev–Trinajstić information content (AvgIpc) is 2.92. The van der Waals surface area contributed by atoms with Crippen LogP contribution >= 0.6 is 23.4 Å². The molecule has 0 saturated carbocycles. The molecule has 1 amide bonds. The number of thioether (sulfide) groups is 1. The van der Waals surface area contributed by atoms with E-state index >= 15 is 0 Å². The number of aryl methyl sites for hydroxylation is 2. The van der Waals surface area contributed by atoms with E-state index in [-0.39, 0.29) is 10.8 Å². The van der Waals surface area contributed by atoms with Gasteiger partial charge in [-0.1, -0.05) is 16.8 Å². The van der Waals surface area contributed by atoms with E-state index in [0.29, 0.717) is 17.0 Å². The Hall–Kier alpha value is -2.50. The van der Waals surface area contributed by atoms with E-state index in [1.807, 2.05) is 19.9 Å². The lowest BCUT2D eigenvalue weighted by Gasteiger charge is -2.07. The van der Waals surface area contributed by atoms with Crippen LogP contribution < -0.4 is 5.32 Å². The first kappa shape index (κ1) is 19.8. The van der Waals surface area contributed by atoms with Crippen molar-refractivity contribution in [3.8, 4) is 6.07 Å². The Kier molecular flexibility index (Phi) is 7.06. The maximum absolute atomic E-state index is 11.8. The standard InChI is InChI=1S/C17H16ClN3O4S/c1-10-14(11(2)25-21-10)8-26-9-17(23)24-7-16(22)20-13-4-3-12(6-19)15(18)5-13/h3-5H,7-9H2,1-2H3,(H,20,22). The van der Waals surface area contributed by atoms with Crippen LogP contribution in [0.2, 0.25) is 5.02 Å². The van der Waals surface area contributed by atoms with Crippen molar-refractivity contribution in [1.29, 1.82) is 5.26 Å². The smallest absolute Gasteiger partial charge is 0.316 e. The highest BCUT2D eigenvalue weighted by Gasteiger charge is 2.12. The number of carbonyl (C=O) groups excluding carboxylic acids is 2. The molecule has 2 rings (SSSR count). The number of aromatic nitrogens is 1. The van der Waals surface area contributed by atoms with Gasteiger partial charge in [0.05, 0.1) is 22.0 Å². The molecule has 0 fully saturated rings. The van der Waals surface area contributed by atoms with Crippen LogP contribution in [0.15, 0.2) is 22.7 Å². The van der Waals surface area contributed by atoms with Crippen molar-refractivity contribution in [3.05, 3.63) is 45.8 Å². The van der Waals surface area contributed by atoms with Crippen LogP contribution in [0, 0.1) is 25.2 Å². The molecule has 0 saturated heterocycles. The van der Waals surface area contributed by atoms with E-state index in [1.54, 1.807) is 6.07 Å². The number of nitrogens with zero attached hydrogens (tertiary/aromatic N) is 2. The predicted molar refractivity (Wildman–Crippen MR) is 97.9 cm³/mol. The van der Waals surface area contributed by atoms with Crippen LogP contribution in [0.3, 0.4) is 0 Å². The number of nitrogens with one attached hydrogen (secondary N) is 1. The SMILES string of the molecule is Cc1noc(C)c1CSCC(=O)OCC(=O)Nc1ccc(C#N)c(Cl)c1. The van der Waals surface area contributed by atoms with Gasteiger partial charge in [0.1, 0.15) is 11.8 Å². The maximum atomic E-state index is 11.8. The zero-order valence-corrected chi connectivity index (χ0v) is 15.7. The Labute approximate surface area is 159 Å². The van der Waals surface area contributed by atoms with E-state index < -0.39 is 18.5 Å². The van der Waals surface area contributed by atoms with Crippen LogP contribution in [0.1, 0.15) is 22.6 Å². The van der Waals surface area contributed by atoms with Crippen LogP contribution in [0.4, 0.5) is 5.69 Å². The lowest BCUT2D eigenvalue weighted by atomic mass is 10.2.